The van der Waals surface area contributed by atoms with Crippen LogP contribution in [0.15, 0.2) is 54.6 Å². The Bertz CT molecular complexity index is 1020. The highest BCUT2D eigenvalue weighted by atomic mass is 16.2. The van der Waals surface area contributed by atoms with E-state index in [1.165, 1.54) is 12.1 Å². The zero-order valence-corrected chi connectivity index (χ0v) is 14.5. The standard InChI is InChI=1S/C21H14N2O5/c24-17(10-4-2-1-3-5-10)11-6-8-12(9-7-11)23-20(27)15-13-14(16(15)21(23)28)19(26)22-18(13)25/h1-9,13-16H,(H,22,25,26). The van der Waals surface area contributed by atoms with Gasteiger partial charge in [0.15, 0.2) is 5.78 Å². The first-order valence-electron chi connectivity index (χ1n) is 8.91. The Kier molecular flexibility index (Phi) is 3.37. The van der Waals surface area contributed by atoms with Crippen LogP contribution in [-0.4, -0.2) is 29.4 Å². The topological polar surface area (TPSA) is 101 Å². The number of fused-ring (bicyclic) bond motifs is 4. The van der Waals surface area contributed by atoms with Crippen LogP contribution in [0.25, 0.3) is 0 Å². The molecular weight excluding hydrogens is 360 g/mol. The molecule has 0 bridgehead atoms. The zero-order valence-electron chi connectivity index (χ0n) is 14.5. The molecule has 2 heterocycles. The maximum atomic E-state index is 12.8. The van der Waals surface area contributed by atoms with Gasteiger partial charge in [-0.1, -0.05) is 30.3 Å². The van der Waals surface area contributed by atoms with Crippen molar-refractivity contribution >= 4 is 35.1 Å². The lowest BCUT2D eigenvalue weighted by Gasteiger charge is -2.36. The highest BCUT2D eigenvalue weighted by Gasteiger charge is 2.71. The fraction of sp³-hybridized carbons (Fsp3) is 0.190. The Hall–Kier alpha value is -3.61. The summed E-state index contributed by atoms with van der Waals surface area (Å²) in [5.41, 5.74) is 1.31. The third kappa shape index (κ3) is 2.07. The number of nitrogens with zero attached hydrogens (tertiary/aromatic N) is 1. The molecule has 7 nitrogen and oxygen atoms in total. The number of amides is 4. The molecule has 28 heavy (non-hydrogen) atoms. The first kappa shape index (κ1) is 16.6. The molecular formula is C21H14N2O5. The lowest BCUT2D eigenvalue weighted by molar-refractivity contribution is -0.146. The summed E-state index contributed by atoms with van der Waals surface area (Å²) in [4.78, 5) is 62.8. The van der Waals surface area contributed by atoms with Crippen molar-refractivity contribution in [3.8, 4) is 0 Å². The van der Waals surface area contributed by atoms with Gasteiger partial charge in [-0.2, -0.15) is 0 Å². The van der Waals surface area contributed by atoms with Crippen molar-refractivity contribution in [3.63, 3.8) is 0 Å². The Morgan fingerprint density at radius 2 is 1.18 bits per heavy atom. The Balaban J connectivity index is 1.42. The number of carbonyl (C=O) groups is 5. The van der Waals surface area contributed by atoms with E-state index >= 15 is 0 Å². The van der Waals surface area contributed by atoms with Gasteiger partial charge in [0.1, 0.15) is 0 Å². The fourth-order valence-corrected chi connectivity index (χ4v) is 4.48. The maximum Gasteiger partial charge on any atom is 0.238 e. The van der Waals surface area contributed by atoms with Gasteiger partial charge in [0.25, 0.3) is 0 Å². The second-order valence-corrected chi connectivity index (χ2v) is 7.21. The van der Waals surface area contributed by atoms with Gasteiger partial charge in [0.2, 0.25) is 23.6 Å². The molecule has 2 aromatic rings. The molecule has 1 N–H and O–H groups in total. The maximum absolute atomic E-state index is 12.8. The Labute approximate surface area is 159 Å². The SMILES string of the molecule is O=C(c1ccccc1)c1ccc(N2C(=O)C3C4C(=O)NC(=O)C4C3C2=O)cc1. The highest BCUT2D eigenvalue weighted by molar-refractivity contribution is 6.27. The van der Waals surface area contributed by atoms with Crippen LogP contribution in [0.3, 0.4) is 0 Å². The number of nitrogens with one attached hydrogen (secondary N) is 1. The molecule has 0 aromatic heterocycles. The van der Waals surface area contributed by atoms with Crippen LogP contribution in [0.1, 0.15) is 15.9 Å². The predicted octanol–water partition coefficient (Wildman–Crippen LogP) is 0.926. The zero-order chi connectivity index (χ0) is 19.6. The normalized spacial score (nSPS) is 27.9. The second kappa shape index (κ2) is 5.69. The fourth-order valence-electron chi connectivity index (χ4n) is 4.48. The minimum absolute atomic E-state index is 0.164. The highest BCUT2D eigenvalue weighted by Crippen LogP contribution is 2.54. The summed E-state index contributed by atoms with van der Waals surface area (Å²) in [5.74, 6) is -5.14. The average molecular weight is 374 g/mol. The number of imide groups is 2. The molecule has 4 unspecified atom stereocenters. The summed E-state index contributed by atoms with van der Waals surface area (Å²) in [5, 5.41) is 2.20. The van der Waals surface area contributed by atoms with E-state index in [9.17, 15) is 24.0 Å². The van der Waals surface area contributed by atoms with Gasteiger partial charge in [-0.05, 0) is 24.3 Å². The van der Waals surface area contributed by atoms with Gasteiger partial charge in [-0.25, -0.2) is 0 Å². The van der Waals surface area contributed by atoms with E-state index in [1.807, 2.05) is 6.07 Å². The number of ketones is 1. The molecule has 7 heteroatoms. The molecule has 0 spiro atoms. The molecule has 0 radical (unpaired) electrons. The quantitative estimate of drug-likeness (QED) is 0.636. The summed E-state index contributed by atoms with van der Waals surface area (Å²) in [6.07, 6.45) is 0. The summed E-state index contributed by atoms with van der Waals surface area (Å²) >= 11 is 0. The van der Waals surface area contributed by atoms with Gasteiger partial charge >= 0.3 is 0 Å². The van der Waals surface area contributed by atoms with Crippen LogP contribution in [0, 0.1) is 23.7 Å². The van der Waals surface area contributed by atoms with Gasteiger partial charge in [0, 0.05) is 11.1 Å². The number of hydrogen-bond donors (Lipinski definition) is 1. The second-order valence-electron chi connectivity index (χ2n) is 7.21. The molecule has 3 aliphatic rings. The third-order valence-corrected chi connectivity index (χ3v) is 5.83. The van der Waals surface area contributed by atoms with Crippen molar-refractivity contribution in [1.82, 2.24) is 5.32 Å². The van der Waals surface area contributed by atoms with Crippen molar-refractivity contribution in [2.24, 2.45) is 23.7 Å². The van der Waals surface area contributed by atoms with Gasteiger partial charge in [-0.15, -0.1) is 0 Å². The van der Waals surface area contributed by atoms with Crippen LogP contribution in [-0.2, 0) is 19.2 Å². The molecule has 2 aliphatic heterocycles. The molecule has 3 fully saturated rings. The van der Waals surface area contributed by atoms with Crippen LogP contribution in [0.2, 0.25) is 0 Å². The number of anilines is 1. The van der Waals surface area contributed by atoms with Crippen LogP contribution >= 0.6 is 0 Å². The van der Waals surface area contributed by atoms with E-state index in [0.717, 1.165) is 4.90 Å². The van der Waals surface area contributed by atoms with E-state index in [2.05, 4.69) is 5.32 Å². The monoisotopic (exact) mass is 374 g/mol. The minimum atomic E-state index is -0.783. The molecule has 138 valence electrons. The summed E-state index contributed by atoms with van der Waals surface area (Å²) in [6, 6.07) is 15.0. The van der Waals surface area contributed by atoms with E-state index in [-0.39, 0.29) is 5.78 Å². The van der Waals surface area contributed by atoms with Crippen molar-refractivity contribution in [3.05, 3.63) is 65.7 Å². The lowest BCUT2D eigenvalue weighted by atomic mass is 9.59. The van der Waals surface area contributed by atoms with Crippen LogP contribution < -0.4 is 10.2 Å². The summed E-state index contributed by atoms with van der Waals surface area (Å²) in [6.45, 7) is 0. The van der Waals surface area contributed by atoms with Crippen LogP contribution in [0.4, 0.5) is 5.69 Å². The number of hydrogen-bond acceptors (Lipinski definition) is 5. The average Bonchev–Trinajstić information content (AvgIpc) is 3.02. The molecule has 1 saturated carbocycles. The first-order chi connectivity index (χ1) is 13.5. The van der Waals surface area contributed by atoms with Crippen molar-refractivity contribution in [2.75, 3.05) is 4.90 Å². The number of benzene rings is 2. The van der Waals surface area contributed by atoms with Crippen molar-refractivity contribution < 1.29 is 24.0 Å². The van der Waals surface area contributed by atoms with E-state index in [4.69, 9.17) is 0 Å². The van der Waals surface area contributed by atoms with E-state index in [0.29, 0.717) is 16.8 Å². The van der Waals surface area contributed by atoms with E-state index < -0.39 is 47.3 Å². The van der Waals surface area contributed by atoms with Crippen molar-refractivity contribution in [2.45, 2.75) is 0 Å². The summed E-state index contributed by atoms with van der Waals surface area (Å²) < 4.78 is 0. The molecule has 5 rings (SSSR count). The number of rotatable bonds is 3. The lowest BCUT2D eigenvalue weighted by Crippen LogP contribution is -2.50. The van der Waals surface area contributed by atoms with Gasteiger partial charge in [0.05, 0.1) is 29.4 Å². The summed E-state index contributed by atoms with van der Waals surface area (Å²) in [7, 11) is 0. The Morgan fingerprint density at radius 1 is 0.679 bits per heavy atom. The Morgan fingerprint density at radius 3 is 1.71 bits per heavy atom. The molecule has 2 saturated heterocycles. The molecule has 2 aromatic carbocycles. The van der Waals surface area contributed by atoms with Gasteiger partial charge < -0.3 is 0 Å². The van der Waals surface area contributed by atoms with Gasteiger partial charge in [-0.3, -0.25) is 34.2 Å². The smallest absolute Gasteiger partial charge is 0.238 e. The first-order valence-corrected chi connectivity index (χ1v) is 8.91. The molecule has 1 aliphatic carbocycles. The predicted molar refractivity (Wildman–Crippen MR) is 95.9 cm³/mol. The minimum Gasteiger partial charge on any atom is -0.296 e. The number of carbonyl (C=O) groups excluding carboxylic acids is 5. The van der Waals surface area contributed by atoms with Crippen LogP contribution in [0.5, 0.6) is 0 Å². The molecule has 4 atom stereocenters. The van der Waals surface area contributed by atoms with E-state index in [1.54, 1.807) is 36.4 Å². The third-order valence-electron chi connectivity index (χ3n) is 5.83. The molecule has 4 amide bonds. The van der Waals surface area contributed by atoms with Crippen molar-refractivity contribution in [1.29, 1.82) is 0 Å². The largest absolute Gasteiger partial charge is 0.296 e.